The van der Waals surface area contributed by atoms with Gasteiger partial charge in [0.25, 0.3) is 0 Å². The number of rotatable bonds is 2. The van der Waals surface area contributed by atoms with Gasteiger partial charge in [0.05, 0.1) is 15.1 Å². The summed E-state index contributed by atoms with van der Waals surface area (Å²) in [5.74, 6) is -1.59. The van der Waals surface area contributed by atoms with E-state index in [0.29, 0.717) is 9.90 Å². The number of halogens is 4. The molecule has 0 spiro atoms. The molecule has 2 rings (SSSR count). The Hall–Kier alpha value is -0.490. The van der Waals surface area contributed by atoms with Crippen molar-refractivity contribution in [3.63, 3.8) is 0 Å². The van der Waals surface area contributed by atoms with Crippen molar-refractivity contribution in [2.24, 2.45) is 0 Å². The average Bonchev–Trinajstić information content (AvgIpc) is 2.71. The summed E-state index contributed by atoms with van der Waals surface area (Å²) in [6.45, 7) is 0. The molecule has 17 heavy (non-hydrogen) atoms. The lowest BCUT2D eigenvalue weighted by Crippen LogP contribution is -2.04. The van der Waals surface area contributed by atoms with Crippen LogP contribution in [0.1, 0.15) is 16.5 Å². The van der Waals surface area contributed by atoms with E-state index in [-0.39, 0.29) is 10.0 Å². The molecule has 0 radical (unpaired) electrons. The molecule has 0 fully saturated rings. The van der Waals surface area contributed by atoms with Gasteiger partial charge in [-0.25, -0.2) is 8.78 Å². The first-order valence-electron chi connectivity index (χ1n) is 4.56. The summed E-state index contributed by atoms with van der Waals surface area (Å²) in [6.07, 6.45) is -1.36. The predicted molar refractivity (Wildman–Crippen MR) is 67.4 cm³/mol. The molecule has 1 unspecified atom stereocenters. The topological polar surface area (TPSA) is 20.2 Å². The second-order valence-electron chi connectivity index (χ2n) is 3.33. The SMILES string of the molecule is OC(c1cc(Cl)cs1)c1c(F)ccc(Br)c1F. The lowest BCUT2D eigenvalue weighted by atomic mass is 10.1. The number of aliphatic hydroxyl groups excluding tert-OH is 1. The minimum Gasteiger partial charge on any atom is -0.383 e. The molecule has 0 aliphatic heterocycles. The minimum atomic E-state index is -1.36. The molecule has 1 atom stereocenters. The van der Waals surface area contributed by atoms with Crippen LogP contribution >= 0.6 is 38.9 Å². The highest BCUT2D eigenvalue weighted by atomic mass is 79.9. The fourth-order valence-corrected chi connectivity index (χ4v) is 2.83. The fourth-order valence-electron chi connectivity index (χ4n) is 1.41. The summed E-state index contributed by atoms with van der Waals surface area (Å²) in [7, 11) is 0. The molecule has 0 saturated carbocycles. The highest BCUT2D eigenvalue weighted by molar-refractivity contribution is 9.10. The van der Waals surface area contributed by atoms with Crippen LogP contribution in [0, 0.1) is 11.6 Å². The standard InChI is InChI=1S/C11H6BrClF2OS/c12-6-1-2-7(14)9(10(6)15)11(16)8-3-5(13)4-17-8/h1-4,11,16H. The molecular formula is C11H6BrClF2OS. The van der Waals surface area contributed by atoms with E-state index in [1.807, 2.05) is 0 Å². The van der Waals surface area contributed by atoms with E-state index in [4.69, 9.17) is 11.6 Å². The number of aliphatic hydroxyl groups is 1. The summed E-state index contributed by atoms with van der Waals surface area (Å²) in [6, 6.07) is 3.83. The summed E-state index contributed by atoms with van der Waals surface area (Å²) in [4.78, 5) is 0.394. The highest BCUT2D eigenvalue weighted by Crippen LogP contribution is 2.34. The summed E-state index contributed by atoms with van der Waals surface area (Å²) in [5.41, 5.74) is -0.377. The Morgan fingerprint density at radius 3 is 2.65 bits per heavy atom. The van der Waals surface area contributed by atoms with Crippen molar-refractivity contribution < 1.29 is 13.9 Å². The van der Waals surface area contributed by atoms with Gasteiger partial charge in [0.15, 0.2) is 0 Å². The predicted octanol–water partition coefficient (Wildman–Crippen LogP) is 4.52. The first-order chi connectivity index (χ1) is 8.00. The van der Waals surface area contributed by atoms with Gasteiger partial charge in [0.1, 0.15) is 17.7 Å². The quantitative estimate of drug-likeness (QED) is 0.797. The molecule has 0 amide bonds. The van der Waals surface area contributed by atoms with Gasteiger partial charge in [-0.05, 0) is 34.1 Å². The Kier molecular flexibility index (Phi) is 3.82. The zero-order valence-electron chi connectivity index (χ0n) is 8.25. The number of hydrogen-bond acceptors (Lipinski definition) is 2. The van der Waals surface area contributed by atoms with Gasteiger partial charge >= 0.3 is 0 Å². The minimum absolute atomic E-state index is 0.107. The second kappa shape index (κ2) is 5.02. The van der Waals surface area contributed by atoms with Crippen molar-refractivity contribution in [2.75, 3.05) is 0 Å². The van der Waals surface area contributed by atoms with Crippen LogP contribution in [0.25, 0.3) is 0 Å². The van der Waals surface area contributed by atoms with Crippen molar-refractivity contribution in [2.45, 2.75) is 6.10 Å². The monoisotopic (exact) mass is 338 g/mol. The zero-order chi connectivity index (χ0) is 12.6. The molecule has 1 heterocycles. The first kappa shape index (κ1) is 13.0. The van der Waals surface area contributed by atoms with Gasteiger partial charge in [0.2, 0.25) is 0 Å². The van der Waals surface area contributed by atoms with Crippen LogP contribution in [0.4, 0.5) is 8.78 Å². The third kappa shape index (κ3) is 2.52. The number of benzene rings is 1. The third-order valence-electron chi connectivity index (χ3n) is 2.21. The highest BCUT2D eigenvalue weighted by Gasteiger charge is 2.22. The molecule has 0 aliphatic carbocycles. The Morgan fingerprint density at radius 1 is 1.35 bits per heavy atom. The lowest BCUT2D eigenvalue weighted by Gasteiger charge is -2.12. The molecule has 1 aromatic heterocycles. The smallest absolute Gasteiger partial charge is 0.146 e. The first-order valence-corrected chi connectivity index (χ1v) is 6.61. The molecule has 6 heteroatoms. The van der Waals surface area contributed by atoms with Gasteiger partial charge in [0, 0.05) is 10.3 Å². The van der Waals surface area contributed by atoms with E-state index < -0.39 is 17.7 Å². The van der Waals surface area contributed by atoms with Crippen LogP contribution < -0.4 is 0 Å². The summed E-state index contributed by atoms with van der Waals surface area (Å²) < 4.78 is 27.4. The van der Waals surface area contributed by atoms with E-state index in [1.54, 1.807) is 5.38 Å². The van der Waals surface area contributed by atoms with Gasteiger partial charge in [-0.1, -0.05) is 11.6 Å². The van der Waals surface area contributed by atoms with Gasteiger partial charge < -0.3 is 5.11 Å². The number of thiophene rings is 1. The van der Waals surface area contributed by atoms with E-state index in [9.17, 15) is 13.9 Å². The van der Waals surface area contributed by atoms with E-state index in [1.165, 1.54) is 12.1 Å². The summed E-state index contributed by atoms with van der Waals surface area (Å²) >= 11 is 9.80. The van der Waals surface area contributed by atoms with Gasteiger partial charge in [-0.3, -0.25) is 0 Å². The van der Waals surface area contributed by atoms with Crippen molar-refractivity contribution >= 4 is 38.9 Å². The van der Waals surface area contributed by atoms with E-state index >= 15 is 0 Å². The van der Waals surface area contributed by atoms with Gasteiger partial charge in [-0.15, -0.1) is 11.3 Å². The van der Waals surface area contributed by atoms with Crippen LogP contribution in [0.15, 0.2) is 28.1 Å². The molecule has 1 N–H and O–H groups in total. The maximum absolute atomic E-state index is 13.7. The van der Waals surface area contributed by atoms with Crippen molar-refractivity contribution in [1.29, 1.82) is 0 Å². The Labute approximate surface area is 114 Å². The van der Waals surface area contributed by atoms with Crippen molar-refractivity contribution in [3.8, 4) is 0 Å². The fraction of sp³-hybridized carbons (Fsp3) is 0.0909. The van der Waals surface area contributed by atoms with E-state index in [2.05, 4.69) is 15.9 Å². The van der Waals surface area contributed by atoms with Crippen LogP contribution in [0.3, 0.4) is 0 Å². The van der Waals surface area contributed by atoms with Crippen LogP contribution in [-0.4, -0.2) is 5.11 Å². The Bertz CT molecular complexity index is 558. The maximum atomic E-state index is 13.7. The zero-order valence-corrected chi connectivity index (χ0v) is 11.4. The second-order valence-corrected chi connectivity index (χ2v) is 5.56. The van der Waals surface area contributed by atoms with Crippen LogP contribution in [0.2, 0.25) is 5.02 Å². The Morgan fingerprint density at radius 2 is 2.06 bits per heavy atom. The van der Waals surface area contributed by atoms with Gasteiger partial charge in [-0.2, -0.15) is 0 Å². The molecule has 0 bridgehead atoms. The van der Waals surface area contributed by atoms with Crippen LogP contribution in [0.5, 0.6) is 0 Å². The largest absolute Gasteiger partial charge is 0.383 e. The summed E-state index contributed by atoms with van der Waals surface area (Å²) in [5, 5.41) is 12.0. The number of hydrogen-bond donors (Lipinski definition) is 1. The van der Waals surface area contributed by atoms with Crippen molar-refractivity contribution in [3.05, 3.63) is 55.1 Å². The molecule has 0 aliphatic rings. The normalized spacial score (nSPS) is 12.8. The molecule has 90 valence electrons. The molecule has 2 aromatic rings. The molecule has 1 aromatic carbocycles. The van der Waals surface area contributed by atoms with Crippen molar-refractivity contribution in [1.82, 2.24) is 0 Å². The third-order valence-corrected chi connectivity index (χ3v) is 4.16. The maximum Gasteiger partial charge on any atom is 0.146 e. The Balaban J connectivity index is 2.50. The molecule has 1 nitrogen and oxygen atoms in total. The lowest BCUT2D eigenvalue weighted by molar-refractivity contribution is 0.212. The van der Waals surface area contributed by atoms with E-state index in [0.717, 1.165) is 17.4 Å². The van der Waals surface area contributed by atoms with Crippen LogP contribution in [-0.2, 0) is 0 Å². The molecule has 0 saturated heterocycles. The average molecular weight is 340 g/mol. The molecular weight excluding hydrogens is 334 g/mol.